The molecule has 6 nitrogen and oxygen atoms in total. The fourth-order valence-corrected chi connectivity index (χ4v) is 8.04. The Bertz CT molecular complexity index is 885. The second-order valence-corrected chi connectivity index (χ2v) is 10.9. The number of carbonyl (C=O) groups excluding carboxylic acids is 3. The largest absolute Gasteiger partial charge is 0.459 e. The summed E-state index contributed by atoms with van der Waals surface area (Å²) in [4.78, 5) is 37.8. The van der Waals surface area contributed by atoms with Gasteiger partial charge in [-0.2, -0.15) is 4.39 Å². The molecule has 0 radical (unpaired) electrons. The summed E-state index contributed by atoms with van der Waals surface area (Å²) >= 11 is 0. The minimum atomic E-state index is -1.20. The van der Waals surface area contributed by atoms with E-state index in [0.717, 1.165) is 25.2 Å². The Balaban J connectivity index is 1.25. The third-order valence-electron chi connectivity index (χ3n) is 9.69. The Morgan fingerprint density at radius 3 is 2.63 bits per heavy atom. The first-order valence-electron chi connectivity index (χ1n) is 11.1. The van der Waals surface area contributed by atoms with E-state index in [4.69, 9.17) is 14.2 Å². The number of fused-ring (bicyclic) bond motifs is 2. The lowest BCUT2D eigenvalue weighted by atomic mass is 9.67. The zero-order valence-corrected chi connectivity index (χ0v) is 17.3. The van der Waals surface area contributed by atoms with Crippen LogP contribution < -0.4 is 0 Å². The van der Waals surface area contributed by atoms with E-state index >= 15 is 0 Å². The molecule has 1 saturated heterocycles. The Kier molecular flexibility index (Phi) is 3.55. The Hall–Kier alpha value is -1.92. The molecule has 162 valence electrons. The maximum Gasteiger partial charge on any atom is 0.366 e. The minimum absolute atomic E-state index is 0.190. The van der Waals surface area contributed by atoms with Crippen molar-refractivity contribution in [3.63, 3.8) is 0 Å². The van der Waals surface area contributed by atoms with Crippen LogP contribution in [0.15, 0.2) is 12.4 Å². The van der Waals surface area contributed by atoms with Crippen molar-refractivity contribution < 1.29 is 33.0 Å². The highest BCUT2D eigenvalue weighted by Crippen LogP contribution is 2.74. The average Bonchev–Trinajstić information content (AvgIpc) is 3.01. The minimum Gasteiger partial charge on any atom is -0.459 e. The van der Waals surface area contributed by atoms with Gasteiger partial charge in [-0.05, 0) is 62.2 Å². The summed E-state index contributed by atoms with van der Waals surface area (Å²) in [5, 5.41) is 0. The molecule has 6 rings (SSSR count). The quantitative estimate of drug-likeness (QED) is 0.397. The first kappa shape index (κ1) is 18.8. The molecule has 1 spiro atoms. The van der Waals surface area contributed by atoms with Crippen molar-refractivity contribution >= 4 is 17.9 Å². The van der Waals surface area contributed by atoms with Gasteiger partial charge in [-0.25, -0.2) is 4.79 Å². The lowest BCUT2D eigenvalue weighted by molar-refractivity contribution is -0.189. The van der Waals surface area contributed by atoms with Crippen LogP contribution in [-0.4, -0.2) is 35.7 Å². The normalized spacial score (nSPS) is 53.8. The molecule has 6 fully saturated rings. The molecule has 0 aromatic heterocycles. The summed E-state index contributed by atoms with van der Waals surface area (Å²) in [5.41, 5.74) is -0.0577. The Morgan fingerprint density at radius 1 is 1.17 bits per heavy atom. The summed E-state index contributed by atoms with van der Waals surface area (Å²) in [6.45, 7) is 7.19. The second-order valence-electron chi connectivity index (χ2n) is 10.9. The molecule has 4 bridgehead atoms. The molecule has 7 heteroatoms. The third-order valence-corrected chi connectivity index (χ3v) is 9.69. The van der Waals surface area contributed by atoms with Gasteiger partial charge >= 0.3 is 17.9 Å². The zero-order chi connectivity index (χ0) is 21.2. The molecular weight excluding hydrogens is 391 g/mol. The van der Waals surface area contributed by atoms with Crippen LogP contribution in [0.1, 0.15) is 46.0 Å². The smallest absolute Gasteiger partial charge is 0.366 e. The van der Waals surface area contributed by atoms with E-state index in [0.29, 0.717) is 17.8 Å². The third kappa shape index (κ3) is 2.21. The van der Waals surface area contributed by atoms with Gasteiger partial charge in [0.05, 0.1) is 11.8 Å². The molecule has 0 aromatic rings. The van der Waals surface area contributed by atoms with Crippen molar-refractivity contribution in [2.45, 2.75) is 63.8 Å². The average molecular weight is 418 g/mol. The van der Waals surface area contributed by atoms with Crippen molar-refractivity contribution in [1.29, 1.82) is 0 Å². The van der Waals surface area contributed by atoms with E-state index in [1.807, 2.05) is 6.92 Å². The van der Waals surface area contributed by atoms with E-state index in [1.165, 1.54) is 6.42 Å². The number of hydrogen-bond donors (Lipinski definition) is 0. The van der Waals surface area contributed by atoms with Crippen molar-refractivity contribution in [2.24, 2.45) is 46.8 Å². The second kappa shape index (κ2) is 5.65. The Labute approximate surface area is 174 Å². The van der Waals surface area contributed by atoms with Crippen LogP contribution in [0.5, 0.6) is 0 Å². The van der Waals surface area contributed by atoms with Crippen LogP contribution in [0.3, 0.4) is 0 Å². The van der Waals surface area contributed by atoms with Crippen LogP contribution in [0.2, 0.25) is 0 Å². The summed E-state index contributed by atoms with van der Waals surface area (Å²) in [7, 11) is 0. The molecule has 1 heterocycles. The zero-order valence-electron chi connectivity index (χ0n) is 17.3. The summed E-state index contributed by atoms with van der Waals surface area (Å²) in [5.74, 6) is -3.64. The molecule has 11 unspecified atom stereocenters. The lowest BCUT2D eigenvalue weighted by Gasteiger charge is -2.46. The van der Waals surface area contributed by atoms with Gasteiger partial charge in [0.25, 0.3) is 0 Å². The van der Waals surface area contributed by atoms with Crippen molar-refractivity contribution in [3.05, 3.63) is 12.4 Å². The van der Waals surface area contributed by atoms with Crippen LogP contribution >= 0.6 is 0 Å². The van der Waals surface area contributed by atoms with Crippen molar-refractivity contribution in [3.8, 4) is 0 Å². The SMILES string of the molecule is C=C(F)C(=O)OC1C2CC3C1OC(=O)C3C2C(=O)OC1(C)C(C)CC23CC2CC1C3. The Morgan fingerprint density at radius 2 is 1.90 bits per heavy atom. The number of hydrogen-bond acceptors (Lipinski definition) is 6. The molecular formula is C23H27FO6. The maximum absolute atomic E-state index is 13.5. The van der Waals surface area contributed by atoms with Gasteiger partial charge in [-0.3, -0.25) is 9.59 Å². The number of halogens is 1. The summed E-state index contributed by atoms with van der Waals surface area (Å²) in [6.07, 6.45) is 3.73. The highest BCUT2D eigenvalue weighted by atomic mass is 19.1. The first-order valence-corrected chi connectivity index (χ1v) is 11.1. The lowest BCUT2D eigenvalue weighted by Crippen LogP contribution is -2.51. The number of esters is 3. The van der Waals surface area contributed by atoms with Crippen molar-refractivity contribution in [1.82, 2.24) is 0 Å². The van der Waals surface area contributed by atoms with Crippen LogP contribution in [0.4, 0.5) is 4.39 Å². The molecule has 30 heavy (non-hydrogen) atoms. The topological polar surface area (TPSA) is 78.9 Å². The predicted octanol–water partition coefficient (Wildman–Crippen LogP) is 2.95. The fraction of sp³-hybridized carbons (Fsp3) is 0.783. The first-order chi connectivity index (χ1) is 14.1. The molecule has 6 aliphatic rings. The standard InChI is InChI=1S/C23H27FO6/c1-9-6-23-7-11(4-12(23)8-23)22(9,3)30-21(27)16-14-5-13-15(16)20(26)29-18(13)17(14)28-19(25)10(2)24/h9,11-18H,2,4-8H2,1,3H3. The predicted molar refractivity (Wildman–Crippen MR) is 100 cm³/mol. The van der Waals surface area contributed by atoms with Gasteiger partial charge in [-0.1, -0.05) is 13.5 Å². The molecule has 5 saturated carbocycles. The fourth-order valence-electron chi connectivity index (χ4n) is 8.04. The summed E-state index contributed by atoms with van der Waals surface area (Å²) < 4.78 is 30.2. The molecule has 1 aliphatic heterocycles. The summed E-state index contributed by atoms with van der Waals surface area (Å²) in [6, 6.07) is 0. The van der Waals surface area contributed by atoms with Crippen LogP contribution in [0.25, 0.3) is 0 Å². The molecule has 0 N–H and O–H groups in total. The van der Waals surface area contributed by atoms with Gasteiger partial charge in [0.15, 0.2) is 0 Å². The van der Waals surface area contributed by atoms with E-state index in [2.05, 4.69) is 13.5 Å². The molecule has 5 aliphatic carbocycles. The molecule has 0 aromatic carbocycles. The number of ether oxygens (including phenoxy) is 3. The molecule has 11 atom stereocenters. The highest BCUT2D eigenvalue weighted by molar-refractivity contribution is 5.88. The van der Waals surface area contributed by atoms with Gasteiger partial charge < -0.3 is 14.2 Å². The van der Waals surface area contributed by atoms with Crippen LogP contribution in [-0.2, 0) is 28.6 Å². The van der Waals surface area contributed by atoms with E-state index in [9.17, 15) is 18.8 Å². The number of carbonyl (C=O) groups is 3. The van der Waals surface area contributed by atoms with Gasteiger partial charge in [0, 0.05) is 11.8 Å². The monoisotopic (exact) mass is 418 g/mol. The van der Waals surface area contributed by atoms with E-state index in [-0.39, 0.29) is 11.8 Å². The van der Waals surface area contributed by atoms with E-state index < -0.39 is 59.3 Å². The van der Waals surface area contributed by atoms with Crippen molar-refractivity contribution in [2.75, 3.05) is 0 Å². The number of rotatable bonds is 4. The van der Waals surface area contributed by atoms with Gasteiger partial charge in [0.1, 0.15) is 17.8 Å². The van der Waals surface area contributed by atoms with Gasteiger partial charge in [0.2, 0.25) is 5.83 Å². The van der Waals surface area contributed by atoms with Crippen LogP contribution in [0, 0.1) is 46.8 Å². The molecule has 0 amide bonds. The maximum atomic E-state index is 13.5. The van der Waals surface area contributed by atoms with E-state index in [1.54, 1.807) is 0 Å². The van der Waals surface area contributed by atoms with Gasteiger partial charge in [-0.15, -0.1) is 0 Å². The highest BCUT2D eigenvalue weighted by Gasteiger charge is 2.72.